The van der Waals surface area contributed by atoms with E-state index in [1.54, 1.807) is 0 Å². The third kappa shape index (κ3) is 4.77. The number of nitrogens with zero attached hydrogens (tertiary/aromatic N) is 2. The zero-order valence-corrected chi connectivity index (χ0v) is 19.4. The quantitative estimate of drug-likeness (QED) is 0.440. The maximum atomic E-state index is 13.6. The van der Waals surface area contributed by atoms with Crippen molar-refractivity contribution in [2.75, 3.05) is 53.4 Å². The highest BCUT2D eigenvalue weighted by molar-refractivity contribution is 6.20. The number of hydrogen-bond acceptors (Lipinski definition) is 8. The highest BCUT2D eigenvalue weighted by Crippen LogP contribution is 2.44. The summed E-state index contributed by atoms with van der Waals surface area (Å²) in [4.78, 5) is 31.6. The number of likely N-dealkylation sites (tertiary alicyclic amines) is 1. The number of rotatable bonds is 8. The minimum atomic E-state index is -0.762. The van der Waals surface area contributed by atoms with Crippen molar-refractivity contribution < 1.29 is 19.8 Å². The summed E-state index contributed by atoms with van der Waals surface area (Å²) in [7, 11) is 3.94. The number of hydrogen-bond donors (Lipinski definition) is 4. The molecule has 1 fully saturated rings. The molecule has 8 heteroatoms. The van der Waals surface area contributed by atoms with Crippen molar-refractivity contribution in [3.05, 3.63) is 46.8 Å². The van der Waals surface area contributed by atoms with E-state index in [9.17, 15) is 19.8 Å². The number of likely N-dealkylation sites (N-methyl/N-ethyl adjacent to an activating group) is 1. The lowest BCUT2D eigenvalue weighted by atomic mass is 9.68. The zero-order valence-electron chi connectivity index (χ0n) is 19.4. The Kier molecular flexibility index (Phi) is 7.05. The van der Waals surface area contributed by atoms with Crippen LogP contribution in [0.1, 0.15) is 40.0 Å². The molecule has 4 N–H and O–H groups in total. The summed E-state index contributed by atoms with van der Waals surface area (Å²) in [5.41, 5.74) is 1.17. The molecule has 1 aromatic carbocycles. The van der Waals surface area contributed by atoms with Gasteiger partial charge in [-0.1, -0.05) is 6.42 Å². The number of Topliss-reactive ketones (excluding diaryl/α,β-unsaturated/α-hetero) is 2. The molecule has 4 rings (SSSR count). The van der Waals surface area contributed by atoms with Gasteiger partial charge in [-0.3, -0.25) is 9.59 Å². The molecule has 2 unspecified atom stereocenters. The summed E-state index contributed by atoms with van der Waals surface area (Å²) >= 11 is 0. The van der Waals surface area contributed by atoms with E-state index in [1.807, 2.05) is 31.1 Å². The maximum Gasteiger partial charge on any atom is 0.177 e. The van der Waals surface area contributed by atoms with Gasteiger partial charge < -0.3 is 30.6 Å². The molecular formula is C25H34N4O4. The molecule has 1 saturated heterocycles. The molecule has 0 amide bonds. The third-order valence-electron chi connectivity index (χ3n) is 6.76. The minimum Gasteiger partial charge on any atom is -0.507 e. The Bertz CT molecular complexity index is 979. The Hall–Kier alpha value is -2.84. The van der Waals surface area contributed by atoms with Crippen molar-refractivity contribution in [3.8, 4) is 11.5 Å². The molecular weight excluding hydrogens is 420 g/mol. The lowest BCUT2D eigenvalue weighted by Gasteiger charge is -2.37. The Balaban J connectivity index is 1.61. The molecule has 8 nitrogen and oxygen atoms in total. The van der Waals surface area contributed by atoms with Crippen LogP contribution in [0.4, 0.5) is 0 Å². The van der Waals surface area contributed by atoms with Crippen LogP contribution < -0.4 is 10.6 Å². The van der Waals surface area contributed by atoms with E-state index in [2.05, 4.69) is 15.5 Å². The smallest absolute Gasteiger partial charge is 0.177 e. The number of piperidine rings is 1. The van der Waals surface area contributed by atoms with Gasteiger partial charge >= 0.3 is 0 Å². The largest absolute Gasteiger partial charge is 0.507 e. The van der Waals surface area contributed by atoms with E-state index in [4.69, 9.17) is 0 Å². The predicted octanol–water partition coefficient (Wildman–Crippen LogP) is 1.72. The topological polar surface area (TPSA) is 105 Å². The lowest BCUT2D eigenvalue weighted by Crippen LogP contribution is -2.47. The highest BCUT2D eigenvalue weighted by Gasteiger charge is 2.48. The number of aromatic hydroxyl groups is 2. The second-order valence-electron chi connectivity index (χ2n) is 9.34. The monoisotopic (exact) mass is 454 g/mol. The van der Waals surface area contributed by atoms with E-state index in [-0.39, 0.29) is 34.2 Å². The van der Waals surface area contributed by atoms with Gasteiger partial charge in [-0.15, -0.1) is 0 Å². The van der Waals surface area contributed by atoms with Gasteiger partial charge in [0.25, 0.3) is 0 Å². The predicted molar refractivity (Wildman–Crippen MR) is 126 cm³/mol. The van der Waals surface area contributed by atoms with Crippen LogP contribution in [0.25, 0.3) is 0 Å². The van der Waals surface area contributed by atoms with E-state index in [0.29, 0.717) is 24.5 Å². The van der Waals surface area contributed by atoms with Crippen LogP contribution in [-0.4, -0.2) is 84.9 Å². The van der Waals surface area contributed by atoms with Crippen LogP contribution in [0.3, 0.4) is 0 Å². The van der Waals surface area contributed by atoms with Gasteiger partial charge in [0.15, 0.2) is 11.6 Å². The average Bonchev–Trinajstić information content (AvgIpc) is 2.79. The molecule has 0 aromatic heterocycles. The molecule has 0 saturated carbocycles. The van der Waals surface area contributed by atoms with E-state index in [1.165, 1.54) is 31.4 Å². The van der Waals surface area contributed by atoms with Gasteiger partial charge in [0.2, 0.25) is 0 Å². The summed E-state index contributed by atoms with van der Waals surface area (Å²) in [6.45, 7) is 5.11. The molecule has 33 heavy (non-hydrogen) atoms. The second-order valence-corrected chi connectivity index (χ2v) is 9.34. The van der Waals surface area contributed by atoms with E-state index in [0.717, 1.165) is 26.2 Å². The first kappa shape index (κ1) is 23.3. The van der Waals surface area contributed by atoms with Crippen LogP contribution in [0.2, 0.25) is 0 Å². The third-order valence-corrected chi connectivity index (χ3v) is 6.76. The van der Waals surface area contributed by atoms with Gasteiger partial charge in [-0.2, -0.15) is 0 Å². The maximum absolute atomic E-state index is 13.6. The standard InChI is InChI=1S/C25H34N4O4/c1-28(2)14-10-26-16-6-7-17(27-11-15-29-12-4-3-5-13-29)21-20(16)24(32)22-18(30)8-9-19(31)23(22)25(21)33/h6-9,20-21,26-27,30-31H,3-5,10-15H2,1-2H3. The number of fused-ring (bicyclic) bond motifs is 2. The number of phenols is 2. The van der Waals surface area contributed by atoms with Crippen LogP contribution in [0, 0.1) is 11.8 Å². The van der Waals surface area contributed by atoms with Gasteiger partial charge in [-0.05, 0) is 64.3 Å². The van der Waals surface area contributed by atoms with Crippen molar-refractivity contribution >= 4 is 11.6 Å². The number of phenolic OH excluding ortho intramolecular Hbond substituents is 2. The number of carbonyl (C=O) groups excluding carboxylic acids is 2. The van der Waals surface area contributed by atoms with Crippen LogP contribution in [0.15, 0.2) is 35.7 Å². The summed E-state index contributed by atoms with van der Waals surface area (Å²) in [5.74, 6) is -2.77. The molecule has 1 aliphatic heterocycles. The van der Waals surface area contributed by atoms with Crippen molar-refractivity contribution in [2.45, 2.75) is 19.3 Å². The van der Waals surface area contributed by atoms with Crippen LogP contribution in [0.5, 0.6) is 11.5 Å². The molecule has 178 valence electrons. The van der Waals surface area contributed by atoms with Gasteiger partial charge in [0, 0.05) is 37.6 Å². The number of carbonyl (C=O) groups is 2. The fourth-order valence-electron chi connectivity index (χ4n) is 5.02. The molecule has 0 radical (unpaired) electrons. The SMILES string of the molecule is CN(C)CCNC1=CC=C(NCCN2CCCCC2)C2C(=O)c3c(O)ccc(O)c3C(=O)C12. The summed E-state index contributed by atoms with van der Waals surface area (Å²) < 4.78 is 0. The van der Waals surface area contributed by atoms with E-state index < -0.39 is 11.8 Å². The number of nitrogens with one attached hydrogen (secondary N) is 2. The normalized spacial score (nSPS) is 23.0. The highest BCUT2D eigenvalue weighted by atomic mass is 16.3. The zero-order chi connectivity index (χ0) is 23.5. The number of benzene rings is 1. The average molecular weight is 455 g/mol. The van der Waals surface area contributed by atoms with Crippen molar-refractivity contribution in [2.24, 2.45) is 11.8 Å². The van der Waals surface area contributed by atoms with Crippen LogP contribution in [-0.2, 0) is 0 Å². The van der Waals surface area contributed by atoms with E-state index >= 15 is 0 Å². The molecule has 0 bridgehead atoms. The molecule has 1 heterocycles. The van der Waals surface area contributed by atoms with Crippen molar-refractivity contribution in [1.82, 2.24) is 20.4 Å². The van der Waals surface area contributed by atoms with Crippen molar-refractivity contribution in [3.63, 3.8) is 0 Å². The summed E-state index contributed by atoms with van der Waals surface area (Å²) in [6.07, 6.45) is 7.43. The number of allylic oxidation sites excluding steroid dienone is 4. The first-order chi connectivity index (χ1) is 15.9. The Morgan fingerprint density at radius 3 is 1.91 bits per heavy atom. The van der Waals surface area contributed by atoms with Gasteiger partial charge in [0.1, 0.15) is 11.5 Å². The fraction of sp³-hybridized carbons (Fsp3) is 0.520. The first-order valence-corrected chi connectivity index (χ1v) is 11.8. The second kappa shape index (κ2) is 9.97. The molecule has 1 aromatic rings. The van der Waals surface area contributed by atoms with Crippen molar-refractivity contribution in [1.29, 1.82) is 0 Å². The Morgan fingerprint density at radius 1 is 0.879 bits per heavy atom. The minimum absolute atomic E-state index is 0.0838. The molecule has 3 aliphatic rings. The van der Waals surface area contributed by atoms with Crippen LogP contribution >= 0.6 is 0 Å². The van der Waals surface area contributed by atoms with Gasteiger partial charge in [0.05, 0.1) is 23.0 Å². The summed E-state index contributed by atoms with van der Waals surface area (Å²) in [6, 6.07) is 2.53. The fourth-order valence-corrected chi connectivity index (χ4v) is 5.02. The molecule has 0 spiro atoms. The molecule has 2 atom stereocenters. The molecule has 2 aliphatic carbocycles. The Morgan fingerprint density at radius 2 is 1.39 bits per heavy atom. The van der Waals surface area contributed by atoms with Gasteiger partial charge in [-0.25, -0.2) is 0 Å². The first-order valence-electron chi connectivity index (χ1n) is 11.8. The number of ketones is 2. The Labute approximate surface area is 194 Å². The lowest BCUT2D eigenvalue weighted by molar-refractivity contribution is 0.0769. The summed E-state index contributed by atoms with van der Waals surface area (Å²) in [5, 5.41) is 27.5.